The van der Waals surface area contributed by atoms with Crippen molar-refractivity contribution in [2.45, 2.75) is 31.6 Å². The van der Waals surface area contributed by atoms with Gasteiger partial charge in [-0.25, -0.2) is 13.8 Å². The van der Waals surface area contributed by atoms with E-state index in [1.165, 1.54) is 29.2 Å². The van der Waals surface area contributed by atoms with Gasteiger partial charge in [-0.3, -0.25) is 14.9 Å². The van der Waals surface area contributed by atoms with Crippen LogP contribution in [-0.2, 0) is 4.79 Å². The molecule has 3 atom stereocenters. The first-order valence-electron chi connectivity index (χ1n) is 9.77. The van der Waals surface area contributed by atoms with Crippen LogP contribution in [0.4, 0.5) is 27.8 Å². The quantitative estimate of drug-likeness (QED) is 0.398. The number of nitrogens with one attached hydrogen (secondary N) is 2. The van der Waals surface area contributed by atoms with Gasteiger partial charge in [0, 0.05) is 22.7 Å². The smallest absolute Gasteiger partial charge is 0.309 e. The highest BCUT2D eigenvalue weighted by Crippen LogP contribution is 2.44. The molecule has 13 heteroatoms. The molecule has 0 spiro atoms. The predicted molar refractivity (Wildman–Crippen MR) is 109 cm³/mol. The van der Waals surface area contributed by atoms with Gasteiger partial charge in [0.05, 0.1) is 46.7 Å². The molecule has 0 aliphatic heterocycles. The first-order chi connectivity index (χ1) is 15.6. The molecule has 1 unspecified atom stereocenters. The van der Waals surface area contributed by atoms with Gasteiger partial charge < -0.3 is 9.72 Å². The Morgan fingerprint density at radius 3 is 2.73 bits per heavy atom. The molecule has 1 fully saturated rings. The molecule has 0 saturated heterocycles. The number of alkyl halides is 4. The summed E-state index contributed by atoms with van der Waals surface area (Å²) in [6.45, 7) is 0.840. The molecule has 1 aliphatic carbocycles. The Morgan fingerprint density at radius 2 is 2.06 bits per heavy atom. The van der Waals surface area contributed by atoms with Gasteiger partial charge in [-0.15, -0.1) is 0 Å². The van der Waals surface area contributed by atoms with Crippen LogP contribution in [0.15, 0.2) is 24.8 Å². The molecule has 1 aromatic carbocycles. The maximum atomic E-state index is 15.1. The number of rotatable bonds is 4. The number of benzene rings is 1. The van der Waals surface area contributed by atoms with Crippen LogP contribution in [0, 0.1) is 11.7 Å². The van der Waals surface area contributed by atoms with Gasteiger partial charge >= 0.3 is 6.18 Å². The fourth-order valence-corrected chi connectivity index (χ4v) is 4.00. The molecule has 4 aromatic rings. The van der Waals surface area contributed by atoms with Crippen LogP contribution in [0.1, 0.15) is 24.8 Å². The van der Waals surface area contributed by atoms with E-state index in [0.717, 1.165) is 6.92 Å². The third-order valence-corrected chi connectivity index (χ3v) is 6.00. The van der Waals surface area contributed by atoms with Gasteiger partial charge in [0.15, 0.2) is 11.5 Å². The molecule has 7 nitrogen and oxygen atoms in total. The number of nitrogens with zero attached hydrogens (tertiary/aromatic N) is 4. The average molecular weight is 485 g/mol. The van der Waals surface area contributed by atoms with Crippen molar-refractivity contribution in [2.75, 3.05) is 5.32 Å². The molecule has 3 heterocycles. The Morgan fingerprint density at radius 1 is 1.33 bits per heavy atom. The minimum absolute atomic E-state index is 0.0514. The molecule has 3 aromatic heterocycles. The number of halogens is 6. The summed E-state index contributed by atoms with van der Waals surface area (Å²) in [4.78, 5) is 20.3. The van der Waals surface area contributed by atoms with Gasteiger partial charge in [-0.2, -0.15) is 18.3 Å². The zero-order valence-electron chi connectivity index (χ0n) is 16.7. The van der Waals surface area contributed by atoms with Gasteiger partial charge in [0.25, 0.3) is 0 Å². The lowest BCUT2D eigenvalue weighted by molar-refractivity contribution is -0.146. The Kier molecular flexibility index (Phi) is 4.82. The number of aromatic amines is 1. The summed E-state index contributed by atoms with van der Waals surface area (Å²) >= 11 is 6.20. The Labute approximate surface area is 187 Å². The zero-order chi connectivity index (χ0) is 23.7. The normalized spacial score (nSPS) is 19.2. The van der Waals surface area contributed by atoms with E-state index in [4.69, 9.17) is 11.6 Å². The molecule has 0 radical (unpaired) electrons. The lowest BCUT2D eigenvalue weighted by Gasteiger charge is -2.19. The molecule has 0 bridgehead atoms. The second-order valence-corrected chi connectivity index (χ2v) is 8.23. The number of carbonyl (C=O) groups is 1. The van der Waals surface area contributed by atoms with Crippen LogP contribution in [0.5, 0.6) is 0 Å². The summed E-state index contributed by atoms with van der Waals surface area (Å²) in [7, 11) is 0. The second-order valence-electron chi connectivity index (χ2n) is 7.85. The number of amides is 1. The molecule has 2 N–H and O–H groups in total. The molecule has 33 heavy (non-hydrogen) atoms. The van der Waals surface area contributed by atoms with E-state index in [1.54, 1.807) is 0 Å². The fourth-order valence-electron chi connectivity index (χ4n) is 3.70. The van der Waals surface area contributed by atoms with Crippen molar-refractivity contribution in [3.63, 3.8) is 0 Å². The zero-order valence-corrected chi connectivity index (χ0v) is 17.5. The number of imidazole rings is 1. The SMILES string of the molecule is CC(c1c(F)c(Cl)c(-c2cn3cc(NC(=O)[C@@H]4C[C@@H]4F)nc3cn2)c2cn[nH]c12)C(F)(F)F. The van der Waals surface area contributed by atoms with Crippen molar-refractivity contribution in [2.24, 2.45) is 5.92 Å². The molecular weight excluding hydrogens is 471 g/mol. The third kappa shape index (κ3) is 3.58. The van der Waals surface area contributed by atoms with Gasteiger partial charge in [0.1, 0.15) is 12.0 Å². The number of aromatic nitrogens is 5. The van der Waals surface area contributed by atoms with Crippen molar-refractivity contribution in [1.29, 1.82) is 0 Å². The van der Waals surface area contributed by atoms with Crippen LogP contribution in [0.2, 0.25) is 5.02 Å². The van der Waals surface area contributed by atoms with Crippen molar-refractivity contribution in [1.82, 2.24) is 24.6 Å². The minimum atomic E-state index is -4.69. The number of fused-ring (bicyclic) bond motifs is 2. The largest absolute Gasteiger partial charge is 0.395 e. The first-order valence-corrected chi connectivity index (χ1v) is 10.1. The van der Waals surface area contributed by atoms with E-state index in [1.807, 2.05) is 0 Å². The topological polar surface area (TPSA) is 88.0 Å². The highest BCUT2D eigenvalue weighted by Gasteiger charge is 2.44. The molecular formula is C20H14ClF5N6O. The fraction of sp³-hybridized carbons (Fsp3) is 0.300. The number of H-pyrrole nitrogens is 1. The van der Waals surface area contributed by atoms with E-state index < -0.39 is 46.5 Å². The summed E-state index contributed by atoms with van der Waals surface area (Å²) < 4.78 is 69.6. The highest BCUT2D eigenvalue weighted by atomic mass is 35.5. The Balaban J connectivity index is 1.59. The average Bonchev–Trinajstić information content (AvgIpc) is 3.11. The summed E-state index contributed by atoms with van der Waals surface area (Å²) in [6.07, 6.45) is -0.228. The van der Waals surface area contributed by atoms with E-state index in [0.29, 0.717) is 5.65 Å². The lowest BCUT2D eigenvalue weighted by atomic mass is 9.94. The summed E-state index contributed by atoms with van der Waals surface area (Å²) in [5.41, 5.74) is -0.254. The van der Waals surface area contributed by atoms with Crippen LogP contribution < -0.4 is 5.32 Å². The van der Waals surface area contributed by atoms with Gasteiger partial charge in [0.2, 0.25) is 5.91 Å². The maximum absolute atomic E-state index is 15.1. The summed E-state index contributed by atoms with van der Waals surface area (Å²) in [6, 6.07) is 0. The molecule has 1 aliphatic rings. The van der Waals surface area contributed by atoms with Crippen molar-refractivity contribution < 1.29 is 26.7 Å². The lowest BCUT2D eigenvalue weighted by Crippen LogP contribution is -2.19. The van der Waals surface area contributed by atoms with Gasteiger partial charge in [-0.05, 0) is 13.3 Å². The number of hydrogen-bond donors (Lipinski definition) is 2. The third-order valence-electron chi connectivity index (χ3n) is 5.65. The van der Waals surface area contributed by atoms with E-state index in [2.05, 4.69) is 25.5 Å². The van der Waals surface area contributed by atoms with Crippen molar-refractivity contribution in [3.05, 3.63) is 41.2 Å². The van der Waals surface area contributed by atoms with E-state index >= 15 is 4.39 Å². The van der Waals surface area contributed by atoms with Gasteiger partial charge in [-0.1, -0.05) is 11.6 Å². The summed E-state index contributed by atoms with van der Waals surface area (Å²) in [5.74, 6) is -4.37. The van der Waals surface area contributed by atoms with Crippen LogP contribution >= 0.6 is 11.6 Å². The maximum Gasteiger partial charge on any atom is 0.395 e. The Hall–Kier alpha value is -3.28. The van der Waals surface area contributed by atoms with Crippen LogP contribution in [0.3, 0.4) is 0 Å². The highest BCUT2D eigenvalue weighted by molar-refractivity contribution is 6.35. The minimum Gasteiger partial charge on any atom is -0.309 e. The van der Waals surface area contributed by atoms with E-state index in [9.17, 15) is 22.4 Å². The standard InChI is InChI=1S/C20H14ClF5N6O/c1-7(20(24,25)26)14-17(23)16(21)15(9-3-28-31-18(9)14)11-5-32-6-12(29-13(32)4-27-11)30-19(33)8-2-10(8)22/h3-8,10H,2H2,1H3,(H,28,31)(H,30,33)/t7?,8-,10+/m1/s1. The first kappa shape index (κ1) is 21.6. The molecule has 172 valence electrons. The summed E-state index contributed by atoms with van der Waals surface area (Å²) in [5, 5.41) is 8.36. The molecule has 1 amide bonds. The Bertz CT molecular complexity index is 1410. The monoisotopic (exact) mass is 484 g/mol. The van der Waals surface area contributed by atoms with Crippen LogP contribution in [-0.4, -0.2) is 42.8 Å². The number of hydrogen-bond acceptors (Lipinski definition) is 4. The molecule has 1 saturated carbocycles. The van der Waals surface area contributed by atoms with Crippen molar-refractivity contribution >= 4 is 39.9 Å². The number of carbonyl (C=O) groups excluding carboxylic acids is 1. The number of anilines is 1. The van der Waals surface area contributed by atoms with Crippen molar-refractivity contribution in [3.8, 4) is 11.3 Å². The van der Waals surface area contributed by atoms with Crippen LogP contribution in [0.25, 0.3) is 27.8 Å². The predicted octanol–water partition coefficient (Wildman–Crippen LogP) is 5.03. The molecule has 5 rings (SSSR count). The second kappa shape index (κ2) is 7.37. The van der Waals surface area contributed by atoms with E-state index in [-0.39, 0.29) is 34.4 Å².